The minimum Gasteiger partial charge on any atom is -0.512 e. The fourth-order valence-corrected chi connectivity index (χ4v) is 7.18. The van der Waals surface area contributed by atoms with Crippen LogP contribution >= 0.6 is 0 Å². The number of carbonyl (C=O) groups excluding carboxylic acids is 2. The molecule has 7 aromatic rings. The largest absolute Gasteiger partial charge is 6.00 e. The molecule has 0 atom stereocenters. The fraction of sp³-hybridized carbons (Fsp3) is 0.164. The Morgan fingerprint density at radius 3 is 0.932 bits per heavy atom. The van der Waals surface area contributed by atoms with Gasteiger partial charge in [-0.05, 0) is 137 Å². The van der Waals surface area contributed by atoms with Crippen LogP contribution in [-0.2, 0) is 47.8 Å². The summed E-state index contributed by atoms with van der Waals surface area (Å²) in [6.45, 7) is 39.4. The summed E-state index contributed by atoms with van der Waals surface area (Å²) in [6.07, 6.45) is 9.61. The van der Waals surface area contributed by atoms with Crippen LogP contribution in [0.5, 0.6) is 5.75 Å². The number of ketones is 2. The van der Waals surface area contributed by atoms with E-state index in [4.69, 9.17) is 81.8 Å². The Kier molecular flexibility index (Phi) is 58.2. The van der Waals surface area contributed by atoms with Crippen molar-refractivity contribution in [1.29, 1.82) is 31.6 Å². The zero-order chi connectivity index (χ0) is 62.1. The fourth-order valence-electron chi connectivity index (χ4n) is 7.18. The minimum absolute atomic E-state index is 0. The first-order valence-corrected chi connectivity index (χ1v) is 23.3. The zero-order valence-electron chi connectivity index (χ0n) is 50.3. The molecule has 0 amide bonds. The number of aliphatic imine (C=N–C) groups is 2. The normalized spacial score (nSPS) is 11.1. The van der Waals surface area contributed by atoms with Crippen LogP contribution in [0.25, 0.3) is 17.1 Å². The standard InChI is InChI=1S/2C18H17N3O2.C11H13N3O.C7H8O.6CN.CH4.Fe.3K.H3N.H2O/c2*1-12-11-14(9-10-16(12)22)19-17-13(2)20(3)21(18(17)23)15-7-5-4-6-8-15;1-8-10(12)11(15)14(13(8)2)9-6-4-3-5-7-9;1-6-4-2-3-5-7(6)8;6*1-2;;;;;;;/h2*4-11H,1-3H3;3-7H,12H2,1-2H3;2-5,8H,1H3;;;;;;;1H4;;;;;1H3;1H2/q;;;;6*-1;;+6;;;;;. The number of anilines is 1. The summed E-state index contributed by atoms with van der Waals surface area (Å²) >= 11 is 0. The number of carbonyl (C=O) groups is 2. The van der Waals surface area contributed by atoms with E-state index in [-0.39, 0.29) is 219 Å². The van der Waals surface area contributed by atoms with E-state index in [1.807, 2.05) is 158 Å². The third-order valence-corrected chi connectivity index (χ3v) is 11.6. The van der Waals surface area contributed by atoms with Crippen LogP contribution in [0.3, 0.4) is 0 Å². The minimum atomic E-state index is -0.181. The molecule has 441 valence electrons. The number of para-hydroxylation sites is 4. The molecule has 0 fully saturated rings. The number of aryl methyl sites for hydroxylation is 1. The molecule has 0 bridgehead atoms. The zero-order valence-corrected chi connectivity index (χ0v) is 60.8. The molecular formula is C61H64FeK3N16O7. The smallest absolute Gasteiger partial charge is 0.512 e. The maximum atomic E-state index is 12.8. The molecule has 23 nitrogen and oxygen atoms in total. The number of phenols is 1. The Morgan fingerprint density at radius 1 is 0.432 bits per heavy atom. The molecule has 2 aliphatic rings. The molecule has 3 aromatic heterocycles. The Bertz CT molecular complexity index is 3560. The number of rotatable bonds is 5. The quantitative estimate of drug-likeness (QED) is 0.0855. The molecule has 3 heterocycles. The van der Waals surface area contributed by atoms with E-state index in [1.54, 1.807) is 72.3 Å². The number of phenolic OH excluding ortho intramolecular Hbond substituents is 1. The van der Waals surface area contributed by atoms with Crippen molar-refractivity contribution in [2.45, 2.75) is 49.0 Å². The number of allylic oxidation sites excluding steroid dienone is 8. The van der Waals surface area contributed by atoms with E-state index in [0.29, 0.717) is 45.4 Å². The van der Waals surface area contributed by atoms with Crippen molar-refractivity contribution in [3.63, 3.8) is 0 Å². The molecule has 2 aliphatic carbocycles. The second-order valence-electron chi connectivity index (χ2n) is 16.2. The first-order chi connectivity index (χ1) is 38.9. The summed E-state index contributed by atoms with van der Waals surface area (Å²) in [4.78, 5) is 69.2. The van der Waals surface area contributed by atoms with Gasteiger partial charge in [0.1, 0.15) is 11.4 Å². The van der Waals surface area contributed by atoms with Crippen LogP contribution in [0, 0.1) is 98.7 Å². The van der Waals surface area contributed by atoms with Crippen LogP contribution in [0.4, 0.5) is 17.1 Å². The van der Waals surface area contributed by atoms with Gasteiger partial charge in [0, 0.05) is 175 Å². The number of benzene rings is 4. The van der Waals surface area contributed by atoms with E-state index in [0.717, 1.165) is 39.7 Å². The Hall–Kier alpha value is -6.56. The predicted octanol–water partition coefficient (Wildman–Crippen LogP) is 7.46. The topological polar surface area (TPSA) is 395 Å². The summed E-state index contributed by atoms with van der Waals surface area (Å²) in [5, 5.41) is 46.4. The summed E-state index contributed by atoms with van der Waals surface area (Å²) in [7, 11) is 5.48. The molecule has 0 spiro atoms. The molecule has 0 unspecified atom stereocenters. The van der Waals surface area contributed by atoms with Gasteiger partial charge in [0.25, 0.3) is 16.7 Å². The molecule has 4 aromatic carbocycles. The molecule has 88 heavy (non-hydrogen) atoms. The Labute approximate surface area is 652 Å². The van der Waals surface area contributed by atoms with E-state index >= 15 is 0 Å². The van der Waals surface area contributed by atoms with Crippen LogP contribution < -0.4 is 28.6 Å². The van der Waals surface area contributed by atoms with Crippen molar-refractivity contribution >= 4 is 194 Å². The molecule has 3 radical (unpaired) electrons. The van der Waals surface area contributed by atoms with Gasteiger partial charge in [0.15, 0.2) is 22.9 Å². The molecule has 0 saturated heterocycles. The van der Waals surface area contributed by atoms with Crippen LogP contribution in [0.2, 0.25) is 0 Å². The maximum Gasteiger partial charge on any atom is 6.00 e. The first-order valence-electron chi connectivity index (χ1n) is 23.3. The van der Waals surface area contributed by atoms with Crippen molar-refractivity contribution in [3.05, 3.63) is 256 Å². The van der Waals surface area contributed by atoms with Crippen molar-refractivity contribution in [1.82, 2.24) is 34.2 Å². The van der Waals surface area contributed by atoms with Gasteiger partial charge in [-0.3, -0.25) is 38.0 Å². The second-order valence-corrected chi connectivity index (χ2v) is 16.2. The number of aromatic hydroxyl groups is 1. The molecule has 9 rings (SSSR count). The predicted molar refractivity (Wildman–Crippen MR) is 337 cm³/mol. The summed E-state index contributed by atoms with van der Waals surface area (Å²) in [5.41, 5.74) is 14.3. The second kappa shape index (κ2) is 52.4. The number of aromatic nitrogens is 6. The number of nitrogen functional groups attached to an aromatic ring is 1. The van der Waals surface area contributed by atoms with Crippen molar-refractivity contribution in [2.24, 2.45) is 31.1 Å². The summed E-state index contributed by atoms with van der Waals surface area (Å²) in [5.74, 6) is 0.304. The van der Waals surface area contributed by atoms with E-state index in [1.165, 1.54) is 12.2 Å². The maximum absolute atomic E-state index is 12.8. The first kappa shape index (κ1) is 97.7. The van der Waals surface area contributed by atoms with E-state index in [9.17, 15) is 24.0 Å². The molecule has 0 aliphatic heterocycles. The average molecular weight is 1310 g/mol. The summed E-state index contributed by atoms with van der Waals surface area (Å²) < 4.78 is 10.1. The van der Waals surface area contributed by atoms with E-state index in [2.05, 4.69) is 9.98 Å². The van der Waals surface area contributed by atoms with Gasteiger partial charge in [-0.15, -0.1) is 0 Å². The molecule has 8 N–H and O–H groups in total. The monoisotopic (exact) mass is 1310 g/mol. The third kappa shape index (κ3) is 27.0. The molecule has 27 heteroatoms. The summed E-state index contributed by atoms with van der Waals surface area (Å²) in [6, 6.07) is 35.6. The molecule has 0 saturated carbocycles. The Morgan fingerprint density at radius 2 is 0.693 bits per heavy atom. The average Bonchev–Trinajstić information content (AvgIpc) is 1.85. The Balaban J connectivity index is -0.000000154. The SMILES string of the molecule is C.CC1=CC(=Nc2c(C)n(C)n(-c3ccccc3)c2=O)C=CC1=O.CC1=CC(=Nc2c(C)n(C)n(-c3ccccc3)c2=O)C=CC1=O.Cc1c(N)c(=O)n(-c2ccccc2)n1C.Cc1ccccc1O.N.O.[C-]#N.[C-]#N.[C-]#N.[C-]#N.[C-]#N.[C-]#N.[Fe+6].[K].[K].[K]. The van der Waals surface area contributed by atoms with E-state index < -0.39 is 0 Å². The number of nitrogens with zero attached hydrogens (tertiary/aromatic N) is 14. The number of hydrogen-bond acceptors (Lipinski definition) is 16. The van der Waals surface area contributed by atoms with Gasteiger partial charge in [0.2, 0.25) is 0 Å². The number of hydrogen-bond donors (Lipinski definition) is 3. The van der Waals surface area contributed by atoms with Gasteiger partial charge >= 0.3 is 17.1 Å². The number of nitrogens with two attached hydrogens (primary N) is 1. The van der Waals surface area contributed by atoms with Gasteiger partial charge in [0.05, 0.1) is 45.6 Å². The van der Waals surface area contributed by atoms with Crippen LogP contribution in [0.15, 0.2) is 187 Å². The van der Waals surface area contributed by atoms with Crippen molar-refractivity contribution in [2.75, 3.05) is 5.73 Å². The van der Waals surface area contributed by atoms with Gasteiger partial charge < -0.3 is 93.5 Å². The van der Waals surface area contributed by atoms with Gasteiger partial charge in [-0.1, -0.05) is 80.2 Å². The van der Waals surface area contributed by atoms with Gasteiger partial charge in [-0.2, -0.15) is 0 Å². The van der Waals surface area contributed by atoms with Crippen molar-refractivity contribution in [3.8, 4) is 22.8 Å². The third-order valence-electron chi connectivity index (χ3n) is 11.6. The van der Waals surface area contributed by atoms with Crippen molar-refractivity contribution < 1.29 is 37.2 Å². The van der Waals surface area contributed by atoms with Crippen LogP contribution in [-0.4, -0.2) is 216 Å². The van der Waals surface area contributed by atoms with Gasteiger partial charge in [-0.25, -0.2) is 24.0 Å². The van der Waals surface area contributed by atoms with Crippen LogP contribution in [0.1, 0.15) is 43.9 Å². The molecular weight excluding hydrogens is 1240 g/mol.